The molecule has 8 heteroatoms. The Hall–Kier alpha value is -4.04. The number of ether oxygens (including phenoxy) is 1. The Morgan fingerprint density at radius 2 is 1.66 bits per heavy atom. The molecule has 0 spiro atoms. The summed E-state index contributed by atoms with van der Waals surface area (Å²) in [6.45, 7) is 2.55. The monoisotopic (exact) mass is 473 g/mol. The largest absolute Gasteiger partial charge is 0.378 e. The summed E-state index contributed by atoms with van der Waals surface area (Å²) in [5, 5.41) is 2.67. The molecule has 2 aliphatic rings. The van der Waals surface area contributed by atoms with Crippen LogP contribution in [0.1, 0.15) is 36.6 Å². The van der Waals surface area contributed by atoms with Gasteiger partial charge >= 0.3 is 0 Å². The van der Waals surface area contributed by atoms with Crippen molar-refractivity contribution in [1.82, 2.24) is 4.90 Å². The van der Waals surface area contributed by atoms with Gasteiger partial charge in [0.15, 0.2) is 0 Å². The molecule has 0 saturated carbocycles. The number of halogens is 1. The van der Waals surface area contributed by atoms with E-state index in [1.807, 2.05) is 35.2 Å². The van der Waals surface area contributed by atoms with Crippen molar-refractivity contribution in [1.29, 1.82) is 0 Å². The first-order valence-corrected chi connectivity index (χ1v) is 11.5. The second-order valence-corrected chi connectivity index (χ2v) is 8.48. The predicted octanol–water partition coefficient (Wildman–Crippen LogP) is 3.75. The summed E-state index contributed by atoms with van der Waals surface area (Å²) in [7, 11) is 0. The second-order valence-electron chi connectivity index (χ2n) is 8.48. The van der Waals surface area contributed by atoms with Crippen molar-refractivity contribution < 1.29 is 23.5 Å². The van der Waals surface area contributed by atoms with Gasteiger partial charge in [-0.2, -0.15) is 0 Å². The fourth-order valence-electron chi connectivity index (χ4n) is 4.37. The van der Waals surface area contributed by atoms with Gasteiger partial charge in [0.25, 0.3) is 17.7 Å². The average molecular weight is 474 g/mol. The van der Waals surface area contributed by atoms with Crippen LogP contribution >= 0.6 is 0 Å². The molecule has 0 bridgehead atoms. The van der Waals surface area contributed by atoms with Crippen molar-refractivity contribution in [2.75, 3.05) is 43.1 Å². The molecule has 0 radical (unpaired) electrons. The minimum atomic E-state index is -0.491. The third-order valence-electron chi connectivity index (χ3n) is 6.26. The van der Waals surface area contributed by atoms with Gasteiger partial charge in [-0.25, -0.2) is 4.39 Å². The maximum atomic E-state index is 14.7. The van der Waals surface area contributed by atoms with Gasteiger partial charge in [-0.15, -0.1) is 0 Å². The highest BCUT2D eigenvalue weighted by molar-refractivity contribution is 6.22. The Balaban J connectivity index is 1.28. The lowest BCUT2D eigenvalue weighted by atomic mass is 10.1. The Bertz CT molecular complexity index is 1290. The molecule has 3 amide bonds. The van der Waals surface area contributed by atoms with Crippen molar-refractivity contribution in [2.24, 2.45) is 0 Å². The molecule has 0 aliphatic carbocycles. The Morgan fingerprint density at radius 3 is 2.40 bits per heavy atom. The molecule has 0 aromatic heterocycles. The second kappa shape index (κ2) is 9.68. The SMILES string of the molecule is O=C(Nc1ccc(N2CCOCC2)c(F)c1)c1ccc2c(c1)C(=O)N(CCc1ccccc1)C2=O. The number of hydrogen-bond donors (Lipinski definition) is 1. The molecule has 0 atom stereocenters. The van der Waals surface area contributed by atoms with Crippen molar-refractivity contribution in [3.8, 4) is 0 Å². The average Bonchev–Trinajstić information content (AvgIpc) is 3.12. The third-order valence-corrected chi connectivity index (χ3v) is 6.26. The van der Waals surface area contributed by atoms with E-state index in [-0.39, 0.29) is 29.1 Å². The molecule has 2 heterocycles. The molecule has 35 heavy (non-hydrogen) atoms. The summed E-state index contributed by atoms with van der Waals surface area (Å²) >= 11 is 0. The standard InChI is InChI=1S/C27H24FN3O4/c28-23-17-20(7-9-24(23)30-12-14-35-15-13-30)29-25(32)19-6-8-21-22(16-19)27(34)31(26(21)33)11-10-18-4-2-1-3-5-18/h1-9,16-17H,10-15H2,(H,29,32). The van der Waals surface area contributed by atoms with Gasteiger partial charge in [0.2, 0.25) is 0 Å². The number of fused-ring (bicyclic) bond motifs is 1. The van der Waals surface area contributed by atoms with E-state index >= 15 is 0 Å². The van der Waals surface area contributed by atoms with Crippen LogP contribution in [0.5, 0.6) is 0 Å². The van der Waals surface area contributed by atoms with Gasteiger partial charge < -0.3 is 15.0 Å². The summed E-state index contributed by atoms with van der Waals surface area (Å²) in [5.41, 5.74) is 2.48. The van der Waals surface area contributed by atoms with Gasteiger partial charge in [-0.1, -0.05) is 30.3 Å². The maximum absolute atomic E-state index is 14.7. The number of benzene rings is 3. The lowest BCUT2D eigenvalue weighted by molar-refractivity contribution is 0.0656. The molecule has 1 N–H and O–H groups in total. The molecule has 0 unspecified atom stereocenters. The van der Waals surface area contributed by atoms with Crippen LogP contribution in [0.4, 0.5) is 15.8 Å². The zero-order valence-corrected chi connectivity index (χ0v) is 19.0. The van der Waals surface area contributed by atoms with Gasteiger partial charge in [0.05, 0.1) is 30.0 Å². The number of morpholine rings is 1. The lowest BCUT2D eigenvalue weighted by Crippen LogP contribution is -2.36. The molecule has 7 nitrogen and oxygen atoms in total. The fraction of sp³-hybridized carbons (Fsp3) is 0.222. The van der Waals surface area contributed by atoms with Crippen molar-refractivity contribution in [3.63, 3.8) is 0 Å². The molecule has 5 rings (SSSR count). The van der Waals surface area contributed by atoms with Crippen LogP contribution in [-0.4, -0.2) is 55.5 Å². The highest BCUT2D eigenvalue weighted by atomic mass is 19.1. The molecule has 1 saturated heterocycles. The molecule has 3 aromatic rings. The topological polar surface area (TPSA) is 79.0 Å². The highest BCUT2D eigenvalue weighted by Crippen LogP contribution is 2.26. The summed E-state index contributed by atoms with van der Waals surface area (Å²) in [6, 6.07) is 18.6. The van der Waals surface area contributed by atoms with E-state index in [4.69, 9.17) is 4.74 Å². The van der Waals surface area contributed by atoms with E-state index in [0.29, 0.717) is 44.1 Å². The maximum Gasteiger partial charge on any atom is 0.261 e. The summed E-state index contributed by atoms with van der Waals surface area (Å²) in [5.74, 6) is -1.71. The van der Waals surface area contributed by atoms with Crippen LogP contribution in [0.15, 0.2) is 66.7 Å². The molecular weight excluding hydrogens is 449 g/mol. The van der Waals surface area contributed by atoms with E-state index in [1.54, 1.807) is 12.1 Å². The summed E-state index contributed by atoms with van der Waals surface area (Å²) in [4.78, 5) is 41.6. The van der Waals surface area contributed by atoms with Gasteiger partial charge in [0.1, 0.15) is 5.82 Å². The Kier molecular flexibility index (Phi) is 6.29. The van der Waals surface area contributed by atoms with Crippen LogP contribution in [0.3, 0.4) is 0 Å². The first-order chi connectivity index (χ1) is 17.0. The Morgan fingerprint density at radius 1 is 0.914 bits per heavy atom. The van der Waals surface area contributed by atoms with Gasteiger partial charge in [-0.05, 0) is 48.4 Å². The number of rotatable bonds is 6. The lowest BCUT2D eigenvalue weighted by Gasteiger charge is -2.29. The minimum Gasteiger partial charge on any atom is -0.378 e. The third kappa shape index (κ3) is 4.65. The van der Waals surface area contributed by atoms with E-state index in [1.165, 1.54) is 29.2 Å². The van der Waals surface area contributed by atoms with Crippen LogP contribution in [0, 0.1) is 5.82 Å². The smallest absolute Gasteiger partial charge is 0.261 e. The van der Waals surface area contributed by atoms with E-state index in [2.05, 4.69) is 5.32 Å². The quantitative estimate of drug-likeness (QED) is 0.552. The Labute approximate surface area is 202 Å². The van der Waals surface area contributed by atoms with Gasteiger partial charge in [0, 0.05) is 30.9 Å². The van der Waals surface area contributed by atoms with E-state index in [9.17, 15) is 18.8 Å². The first-order valence-electron chi connectivity index (χ1n) is 11.5. The summed E-state index contributed by atoms with van der Waals surface area (Å²) < 4.78 is 20.0. The van der Waals surface area contributed by atoms with Crippen molar-refractivity contribution in [2.45, 2.75) is 6.42 Å². The minimum absolute atomic E-state index is 0.199. The molecule has 3 aromatic carbocycles. The number of anilines is 2. The number of nitrogens with one attached hydrogen (secondary N) is 1. The molecule has 2 aliphatic heterocycles. The zero-order valence-electron chi connectivity index (χ0n) is 19.0. The molecule has 1 fully saturated rings. The van der Waals surface area contributed by atoms with E-state index < -0.39 is 17.6 Å². The predicted molar refractivity (Wildman–Crippen MR) is 129 cm³/mol. The molecular formula is C27H24FN3O4. The van der Waals surface area contributed by atoms with Crippen LogP contribution < -0.4 is 10.2 Å². The number of amides is 3. The zero-order chi connectivity index (χ0) is 24.4. The highest BCUT2D eigenvalue weighted by Gasteiger charge is 2.35. The van der Waals surface area contributed by atoms with Crippen molar-refractivity contribution in [3.05, 3.63) is 94.8 Å². The first kappa shape index (κ1) is 22.7. The van der Waals surface area contributed by atoms with Crippen LogP contribution in [0.2, 0.25) is 0 Å². The number of carbonyl (C=O) groups excluding carboxylic acids is 3. The van der Waals surface area contributed by atoms with Crippen LogP contribution in [-0.2, 0) is 11.2 Å². The number of hydrogen-bond acceptors (Lipinski definition) is 5. The van der Waals surface area contributed by atoms with Gasteiger partial charge in [-0.3, -0.25) is 19.3 Å². The summed E-state index contributed by atoms with van der Waals surface area (Å²) in [6.07, 6.45) is 0.547. The van der Waals surface area contributed by atoms with Crippen LogP contribution in [0.25, 0.3) is 0 Å². The van der Waals surface area contributed by atoms with E-state index in [0.717, 1.165) is 5.56 Å². The number of imide groups is 1. The number of carbonyl (C=O) groups is 3. The normalized spacial score (nSPS) is 15.3. The van der Waals surface area contributed by atoms with Crippen molar-refractivity contribution >= 4 is 29.1 Å². The fourth-order valence-corrected chi connectivity index (χ4v) is 4.37. The molecule has 178 valence electrons. The number of nitrogens with zero attached hydrogens (tertiary/aromatic N) is 2.